The van der Waals surface area contributed by atoms with Gasteiger partial charge in [0, 0.05) is 11.3 Å². The average Bonchev–Trinajstić information content (AvgIpc) is 3.08. The van der Waals surface area contributed by atoms with E-state index in [2.05, 4.69) is 4.98 Å². The number of fused-ring (bicyclic) bond motifs is 1. The lowest BCUT2D eigenvalue weighted by Gasteiger charge is -2.34. The number of ether oxygens (including phenoxy) is 1. The number of cyclic esters (lactones) is 1. The highest BCUT2D eigenvalue weighted by Crippen LogP contribution is 2.48. The second kappa shape index (κ2) is 10.6. The number of para-hydroxylation sites is 1. The van der Waals surface area contributed by atoms with Gasteiger partial charge in [0.15, 0.2) is 26.2 Å². The van der Waals surface area contributed by atoms with E-state index in [-0.39, 0.29) is 16.6 Å². The van der Waals surface area contributed by atoms with Crippen molar-refractivity contribution in [3.8, 4) is 0 Å². The van der Waals surface area contributed by atoms with Gasteiger partial charge in [-0.15, -0.1) is 0 Å². The zero-order valence-electron chi connectivity index (χ0n) is 22.9. The molecule has 1 aliphatic rings. The fourth-order valence-corrected chi connectivity index (χ4v) is 7.13. The summed E-state index contributed by atoms with van der Waals surface area (Å²) in [7, 11) is -3.73. The van der Waals surface area contributed by atoms with E-state index in [0.717, 1.165) is 23.8 Å². The Morgan fingerprint density at radius 2 is 1.63 bits per heavy atom. The number of carbonyl (C=O) groups excluding carboxylic acids is 2. The third kappa shape index (κ3) is 5.39. The Morgan fingerprint density at radius 1 is 0.947 bits per heavy atom. The molecule has 0 radical (unpaired) electrons. The highest BCUT2D eigenvalue weighted by molar-refractivity contribution is 7.90. The van der Waals surface area contributed by atoms with E-state index in [4.69, 9.17) is 4.74 Å². The number of rotatable bonds is 9. The van der Waals surface area contributed by atoms with Gasteiger partial charge in [-0.1, -0.05) is 89.9 Å². The zero-order valence-corrected chi connectivity index (χ0v) is 23.7. The second-order valence-corrected chi connectivity index (χ2v) is 13.4. The topological polar surface area (TPSA) is 90.4 Å². The van der Waals surface area contributed by atoms with Crippen molar-refractivity contribution >= 4 is 32.5 Å². The predicted octanol–water partition coefficient (Wildman–Crippen LogP) is 6.42. The zero-order chi connectivity index (χ0) is 27.7. The summed E-state index contributed by atoms with van der Waals surface area (Å²) in [6, 6.07) is 17.9. The second-order valence-electron chi connectivity index (χ2n) is 11.4. The van der Waals surface area contributed by atoms with Crippen LogP contribution in [-0.4, -0.2) is 30.8 Å². The van der Waals surface area contributed by atoms with Crippen LogP contribution < -0.4 is 0 Å². The number of benzene rings is 2. The van der Waals surface area contributed by atoms with Gasteiger partial charge in [0.25, 0.3) is 0 Å². The molecule has 1 aromatic heterocycles. The molecule has 1 aliphatic heterocycles. The molecule has 1 fully saturated rings. The molecule has 0 saturated carbocycles. The molecule has 6 nitrogen and oxygen atoms in total. The number of carbonyl (C=O) groups is 2. The number of nitrogens with zero attached hydrogens (tertiary/aromatic N) is 1. The molecule has 0 aliphatic carbocycles. The molecule has 3 aromatic rings. The predicted molar refractivity (Wildman–Crippen MR) is 148 cm³/mol. The summed E-state index contributed by atoms with van der Waals surface area (Å²) >= 11 is 0. The quantitative estimate of drug-likeness (QED) is 0.232. The Bertz CT molecular complexity index is 1450. The largest absolute Gasteiger partial charge is 0.450 e. The Labute approximate surface area is 225 Å². The van der Waals surface area contributed by atoms with E-state index in [1.165, 1.54) is 6.07 Å². The van der Waals surface area contributed by atoms with Gasteiger partial charge in [-0.3, -0.25) is 9.59 Å². The molecule has 38 heavy (non-hydrogen) atoms. The summed E-state index contributed by atoms with van der Waals surface area (Å²) in [5.41, 5.74) is 0.439. The SMILES string of the molecule is CCCC1(CCC)OC(=O)C(C(c2cccc(CS(=O)(=O)c3ccc4ccccc4n3)c2)C(C)(C)C)C1=O. The lowest BCUT2D eigenvalue weighted by Crippen LogP contribution is -2.40. The number of aromatic nitrogens is 1. The van der Waals surface area contributed by atoms with E-state index in [0.29, 0.717) is 23.9 Å². The van der Waals surface area contributed by atoms with Crippen LogP contribution in [0.3, 0.4) is 0 Å². The van der Waals surface area contributed by atoms with Gasteiger partial charge < -0.3 is 4.74 Å². The van der Waals surface area contributed by atoms with Gasteiger partial charge in [0.2, 0.25) is 0 Å². The molecule has 2 unspecified atom stereocenters. The molecular formula is C31H37NO5S. The molecule has 7 heteroatoms. The summed E-state index contributed by atoms with van der Waals surface area (Å²) in [4.78, 5) is 31.5. The van der Waals surface area contributed by atoms with Gasteiger partial charge >= 0.3 is 5.97 Å². The number of ketones is 1. The minimum Gasteiger partial charge on any atom is -0.450 e. The highest BCUT2D eigenvalue weighted by Gasteiger charge is 2.58. The fourth-order valence-electron chi connectivity index (χ4n) is 5.85. The number of hydrogen-bond donors (Lipinski definition) is 0. The molecule has 2 heterocycles. The number of pyridine rings is 1. The number of hydrogen-bond acceptors (Lipinski definition) is 6. The smallest absolute Gasteiger partial charge is 0.318 e. The molecule has 0 amide bonds. The van der Waals surface area contributed by atoms with Crippen LogP contribution in [0.25, 0.3) is 10.9 Å². The molecule has 1 saturated heterocycles. The molecular weight excluding hydrogens is 498 g/mol. The van der Waals surface area contributed by atoms with Crippen LogP contribution in [0, 0.1) is 11.3 Å². The van der Waals surface area contributed by atoms with Crippen LogP contribution >= 0.6 is 0 Å². The van der Waals surface area contributed by atoms with Crippen molar-refractivity contribution in [2.45, 2.75) is 82.6 Å². The first-order chi connectivity index (χ1) is 17.9. The number of Topliss-reactive ketones (excluding diaryl/α,β-unsaturated/α-hetero) is 1. The molecule has 0 spiro atoms. The van der Waals surface area contributed by atoms with E-state index in [1.54, 1.807) is 24.3 Å². The average molecular weight is 536 g/mol. The van der Waals surface area contributed by atoms with Crippen molar-refractivity contribution < 1.29 is 22.7 Å². The third-order valence-corrected chi connectivity index (χ3v) is 8.99. The maximum Gasteiger partial charge on any atom is 0.318 e. The van der Waals surface area contributed by atoms with Crippen molar-refractivity contribution in [1.29, 1.82) is 0 Å². The molecule has 2 atom stereocenters. The molecule has 2 aromatic carbocycles. The standard InChI is InChI=1S/C31H37NO5S/c1-6-17-31(18-7-2)28(33)26(29(34)37-31)27(30(3,4)5)23-13-10-11-21(19-23)20-38(35,36)25-16-15-22-12-8-9-14-24(22)32-25/h8-16,19,26-27H,6-7,17-18,20H2,1-5H3. The van der Waals surface area contributed by atoms with E-state index < -0.39 is 38.7 Å². The Hall–Kier alpha value is -3.06. The van der Waals surface area contributed by atoms with Crippen molar-refractivity contribution in [3.63, 3.8) is 0 Å². The highest BCUT2D eigenvalue weighted by atomic mass is 32.2. The first-order valence-electron chi connectivity index (χ1n) is 13.4. The summed E-state index contributed by atoms with van der Waals surface area (Å²) in [5.74, 6) is -2.25. The summed E-state index contributed by atoms with van der Waals surface area (Å²) in [5, 5.41) is 0.893. The van der Waals surface area contributed by atoms with E-state index in [1.807, 2.05) is 65.0 Å². The maximum absolute atomic E-state index is 13.8. The van der Waals surface area contributed by atoms with Crippen LogP contribution in [0.4, 0.5) is 0 Å². The Kier molecular flexibility index (Phi) is 7.80. The molecule has 4 rings (SSSR count). The minimum atomic E-state index is -3.73. The van der Waals surface area contributed by atoms with Gasteiger partial charge in [-0.25, -0.2) is 13.4 Å². The van der Waals surface area contributed by atoms with Gasteiger partial charge in [0.05, 0.1) is 11.3 Å². The van der Waals surface area contributed by atoms with E-state index >= 15 is 0 Å². The lowest BCUT2D eigenvalue weighted by molar-refractivity contribution is -0.154. The molecule has 0 N–H and O–H groups in total. The van der Waals surface area contributed by atoms with Gasteiger partial charge in [-0.05, 0) is 47.6 Å². The van der Waals surface area contributed by atoms with Gasteiger partial charge in [-0.2, -0.15) is 0 Å². The number of esters is 1. The van der Waals surface area contributed by atoms with Gasteiger partial charge in [0.1, 0.15) is 5.92 Å². The van der Waals surface area contributed by atoms with Crippen molar-refractivity contribution in [2.24, 2.45) is 11.3 Å². The summed E-state index contributed by atoms with van der Waals surface area (Å²) in [6.07, 6.45) is 2.50. The summed E-state index contributed by atoms with van der Waals surface area (Å²) in [6.45, 7) is 9.98. The third-order valence-electron chi connectivity index (χ3n) is 7.41. The van der Waals surface area contributed by atoms with Crippen LogP contribution in [-0.2, 0) is 29.9 Å². The monoisotopic (exact) mass is 535 g/mol. The van der Waals surface area contributed by atoms with Crippen molar-refractivity contribution in [1.82, 2.24) is 4.98 Å². The lowest BCUT2D eigenvalue weighted by atomic mass is 9.66. The maximum atomic E-state index is 13.8. The van der Waals surface area contributed by atoms with Crippen LogP contribution in [0.2, 0.25) is 0 Å². The molecule has 202 valence electrons. The normalized spacial score (nSPS) is 18.5. The number of sulfone groups is 1. The van der Waals surface area contributed by atoms with Crippen molar-refractivity contribution in [2.75, 3.05) is 0 Å². The molecule has 0 bridgehead atoms. The van der Waals surface area contributed by atoms with Crippen molar-refractivity contribution in [3.05, 3.63) is 71.8 Å². The van der Waals surface area contributed by atoms with E-state index in [9.17, 15) is 18.0 Å². The Balaban J connectivity index is 1.69. The van der Waals surface area contributed by atoms with Crippen LogP contribution in [0.5, 0.6) is 0 Å². The minimum absolute atomic E-state index is 0.0208. The Morgan fingerprint density at radius 3 is 2.29 bits per heavy atom. The first-order valence-corrected chi connectivity index (χ1v) is 15.0. The van der Waals surface area contributed by atoms with Crippen LogP contribution in [0.15, 0.2) is 65.7 Å². The van der Waals surface area contributed by atoms with Crippen LogP contribution in [0.1, 0.15) is 77.3 Å². The fraction of sp³-hybridized carbons (Fsp3) is 0.452. The first kappa shape index (κ1) is 28.0. The summed E-state index contributed by atoms with van der Waals surface area (Å²) < 4.78 is 32.5.